The average molecular weight is 200 g/mol. The van der Waals surface area contributed by atoms with E-state index in [-0.39, 0.29) is 12.1 Å². The first kappa shape index (κ1) is 12.9. The van der Waals surface area contributed by atoms with Gasteiger partial charge in [0.15, 0.2) is 0 Å². The summed E-state index contributed by atoms with van der Waals surface area (Å²) < 4.78 is 0. The van der Waals surface area contributed by atoms with Crippen molar-refractivity contribution in [1.29, 1.82) is 0 Å². The lowest BCUT2D eigenvalue weighted by Gasteiger charge is -2.13. The van der Waals surface area contributed by atoms with Crippen LogP contribution in [0.25, 0.3) is 0 Å². The molecular weight excluding hydrogens is 180 g/mol. The third-order valence-corrected chi connectivity index (χ3v) is 2.19. The van der Waals surface area contributed by atoms with Gasteiger partial charge in [0.2, 0.25) is 0 Å². The van der Waals surface area contributed by atoms with E-state index in [4.69, 9.17) is 0 Å². The molecule has 0 saturated carbocycles. The monoisotopic (exact) mass is 200 g/mol. The number of rotatable bonds is 4. The minimum atomic E-state index is -0.542. The van der Waals surface area contributed by atoms with Crippen LogP contribution in [0, 0.1) is 0 Å². The van der Waals surface area contributed by atoms with E-state index >= 15 is 0 Å². The van der Waals surface area contributed by atoms with Crippen molar-refractivity contribution >= 4 is 11.8 Å². The van der Waals surface area contributed by atoms with Crippen molar-refractivity contribution < 1.29 is 9.59 Å². The third kappa shape index (κ3) is 4.84. The minimum absolute atomic E-state index is 0.0465. The number of amides is 2. The van der Waals surface area contributed by atoms with Crippen LogP contribution in [0.3, 0.4) is 0 Å². The van der Waals surface area contributed by atoms with Crippen molar-refractivity contribution in [2.45, 2.75) is 52.6 Å². The number of carbonyl (C=O) groups is 2. The highest BCUT2D eigenvalue weighted by atomic mass is 16.2. The lowest BCUT2D eigenvalue weighted by molar-refractivity contribution is -0.140. The molecule has 0 aromatic heterocycles. The second kappa shape index (κ2) is 6.40. The Bertz CT molecular complexity index is 182. The lowest BCUT2D eigenvalue weighted by Crippen LogP contribution is -2.46. The molecule has 0 aromatic carbocycles. The number of hydrogen-bond donors (Lipinski definition) is 2. The van der Waals surface area contributed by atoms with Gasteiger partial charge < -0.3 is 10.6 Å². The van der Waals surface area contributed by atoms with E-state index in [1.54, 1.807) is 0 Å². The summed E-state index contributed by atoms with van der Waals surface area (Å²) >= 11 is 0. The van der Waals surface area contributed by atoms with Crippen LogP contribution < -0.4 is 10.6 Å². The van der Waals surface area contributed by atoms with E-state index in [0.29, 0.717) is 0 Å². The molecule has 2 N–H and O–H groups in total. The molecule has 0 heterocycles. The highest BCUT2D eigenvalue weighted by Gasteiger charge is 2.16. The summed E-state index contributed by atoms with van der Waals surface area (Å²) in [5, 5.41) is 5.22. The summed E-state index contributed by atoms with van der Waals surface area (Å²) in [5.74, 6) is -1.08. The van der Waals surface area contributed by atoms with Crippen LogP contribution in [0.5, 0.6) is 0 Å². The van der Waals surface area contributed by atoms with E-state index in [0.717, 1.165) is 12.8 Å². The van der Waals surface area contributed by atoms with Gasteiger partial charge in [0.1, 0.15) is 0 Å². The number of carbonyl (C=O) groups excluding carboxylic acids is 2. The van der Waals surface area contributed by atoms with Crippen LogP contribution in [0.15, 0.2) is 0 Å². The molecule has 2 atom stereocenters. The fraction of sp³-hybridized carbons (Fsp3) is 0.800. The molecule has 0 radical (unpaired) electrons. The Hall–Kier alpha value is -1.06. The number of nitrogens with one attached hydrogen (secondary N) is 2. The molecule has 4 nitrogen and oxygen atoms in total. The Labute approximate surface area is 85.4 Å². The summed E-state index contributed by atoms with van der Waals surface area (Å²) in [5.41, 5.74) is 0. The molecule has 2 amide bonds. The van der Waals surface area contributed by atoms with Crippen LogP contribution in [-0.2, 0) is 9.59 Å². The van der Waals surface area contributed by atoms with Gasteiger partial charge in [-0.3, -0.25) is 9.59 Å². The molecule has 0 saturated heterocycles. The van der Waals surface area contributed by atoms with E-state index in [2.05, 4.69) is 10.6 Å². The van der Waals surface area contributed by atoms with E-state index in [9.17, 15) is 9.59 Å². The fourth-order valence-corrected chi connectivity index (χ4v) is 0.783. The molecule has 0 aliphatic heterocycles. The second-order valence-electron chi connectivity index (χ2n) is 3.57. The molecule has 82 valence electrons. The molecule has 0 aromatic rings. The van der Waals surface area contributed by atoms with Crippen molar-refractivity contribution in [3.8, 4) is 0 Å². The largest absolute Gasteiger partial charge is 0.345 e. The Morgan fingerprint density at radius 3 is 1.43 bits per heavy atom. The number of hydrogen-bond acceptors (Lipinski definition) is 2. The SMILES string of the molecule is CC[C@H](C)NC(=O)C(=O)N[C@@H](C)CC. The molecule has 0 unspecified atom stereocenters. The summed E-state index contributed by atoms with van der Waals surface area (Å²) in [6, 6.07) is 0.0929. The van der Waals surface area contributed by atoms with Crippen molar-refractivity contribution in [3.05, 3.63) is 0 Å². The highest BCUT2D eigenvalue weighted by molar-refractivity contribution is 6.35. The highest BCUT2D eigenvalue weighted by Crippen LogP contribution is 1.90. The summed E-state index contributed by atoms with van der Waals surface area (Å²) in [4.78, 5) is 22.5. The maximum absolute atomic E-state index is 11.2. The summed E-state index contributed by atoms with van der Waals surface area (Å²) in [7, 11) is 0. The Kier molecular flexibility index (Phi) is 5.92. The van der Waals surface area contributed by atoms with Crippen molar-refractivity contribution in [1.82, 2.24) is 10.6 Å². The van der Waals surface area contributed by atoms with Gasteiger partial charge in [-0.2, -0.15) is 0 Å². The maximum atomic E-state index is 11.2. The van der Waals surface area contributed by atoms with Crippen LogP contribution in [0.2, 0.25) is 0 Å². The van der Waals surface area contributed by atoms with Crippen molar-refractivity contribution in [2.24, 2.45) is 0 Å². The fourth-order valence-electron chi connectivity index (χ4n) is 0.783. The van der Waals surface area contributed by atoms with Gasteiger partial charge in [-0.15, -0.1) is 0 Å². The molecule has 0 rings (SSSR count). The van der Waals surface area contributed by atoms with Crippen LogP contribution in [0.1, 0.15) is 40.5 Å². The zero-order valence-corrected chi connectivity index (χ0v) is 9.39. The van der Waals surface area contributed by atoms with E-state index in [1.165, 1.54) is 0 Å². The molecule has 4 heteroatoms. The Balaban J connectivity index is 3.94. The van der Waals surface area contributed by atoms with Gasteiger partial charge in [0.05, 0.1) is 0 Å². The zero-order valence-electron chi connectivity index (χ0n) is 9.39. The molecule has 0 aliphatic carbocycles. The zero-order chi connectivity index (χ0) is 11.1. The Morgan fingerprint density at radius 1 is 0.929 bits per heavy atom. The first-order valence-corrected chi connectivity index (χ1v) is 5.12. The Morgan fingerprint density at radius 2 is 1.21 bits per heavy atom. The van der Waals surface area contributed by atoms with Gasteiger partial charge in [-0.1, -0.05) is 13.8 Å². The van der Waals surface area contributed by atoms with Gasteiger partial charge in [0, 0.05) is 12.1 Å². The standard InChI is InChI=1S/C10H20N2O2/c1-5-7(3)11-9(13)10(14)12-8(4)6-2/h7-8H,5-6H2,1-4H3,(H,11,13)(H,12,14)/t7-,8-/m0/s1. The molecule has 0 spiro atoms. The topological polar surface area (TPSA) is 58.2 Å². The smallest absolute Gasteiger partial charge is 0.309 e. The van der Waals surface area contributed by atoms with Gasteiger partial charge in [0.25, 0.3) is 0 Å². The first-order valence-electron chi connectivity index (χ1n) is 5.12. The third-order valence-electron chi connectivity index (χ3n) is 2.19. The average Bonchev–Trinajstić information content (AvgIpc) is 2.17. The minimum Gasteiger partial charge on any atom is -0.345 e. The van der Waals surface area contributed by atoms with Crippen molar-refractivity contribution in [3.63, 3.8) is 0 Å². The summed E-state index contributed by atoms with van der Waals surface area (Å²) in [6.07, 6.45) is 1.64. The molecule has 0 aliphatic rings. The van der Waals surface area contributed by atoms with E-state index < -0.39 is 11.8 Å². The molecule has 0 bridgehead atoms. The van der Waals surface area contributed by atoms with Gasteiger partial charge >= 0.3 is 11.8 Å². The van der Waals surface area contributed by atoms with Crippen LogP contribution in [-0.4, -0.2) is 23.9 Å². The first-order chi connectivity index (χ1) is 6.51. The predicted octanol–water partition coefficient (Wildman–Crippen LogP) is 0.816. The molecule has 0 fully saturated rings. The van der Waals surface area contributed by atoms with Gasteiger partial charge in [-0.25, -0.2) is 0 Å². The summed E-state index contributed by atoms with van der Waals surface area (Å²) in [6.45, 7) is 7.65. The molecule has 14 heavy (non-hydrogen) atoms. The van der Waals surface area contributed by atoms with Crippen LogP contribution >= 0.6 is 0 Å². The predicted molar refractivity (Wildman–Crippen MR) is 55.8 cm³/mol. The van der Waals surface area contributed by atoms with Crippen molar-refractivity contribution in [2.75, 3.05) is 0 Å². The second-order valence-corrected chi connectivity index (χ2v) is 3.57. The maximum Gasteiger partial charge on any atom is 0.309 e. The van der Waals surface area contributed by atoms with Crippen LogP contribution in [0.4, 0.5) is 0 Å². The van der Waals surface area contributed by atoms with E-state index in [1.807, 2.05) is 27.7 Å². The molecular formula is C10H20N2O2. The quantitative estimate of drug-likeness (QED) is 0.660. The normalized spacial score (nSPS) is 14.3. The van der Waals surface area contributed by atoms with Gasteiger partial charge in [-0.05, 0) is 26.7 Å². The lowest BCUT2D eigenvalue weighted by atomic mass is 10.2.